The van der Waals surface area contributed by atoms with E-state index >= 15 is 0 Å². The molecule has 0 aliphatic rings. The summed E-state index contributed by atoms with van der Waals surface area (Å²) in [7, 11) is 0. The highest BCUT2D eigenvalue weighted by atomic mass is 16.5. The molecule has 0 fully saturated rings. The summed E-state index contributed by atoms with van der Waals surface area (Å²) < 4.78 is 4.42. The zero-order chi connectivity index (χ0) is 6.41. The van der Waals surface area contributed by atoms with Crippen molar-refractivity contribution in [1.29, 1.82) is 5.26 Å². The molecule has 0 unspecified atom stereocenters. The Hall–Kier alpha value is -1.04. The van der Waals surface area contributed by atoms with Gasteiger partial charge in [0.25, 0.3) is 0 Å². The van der Waals surface area contributed by atoms with Gasteiger partial charge in [0.1, 0.15) is 6.42 Å². The third-order valence-electron chi connectivity index (χ3n) is 0.529. The molecule has 0 aromatic carbocycles. The number of carbonyl (C=O) groups is 1. The first-order valence-electron chi connectivity index (χ1n) is 2.33. The molecule has 3 nitrogen and oxygen atoms in total. The van der Waals surface area contributed by atoms with Crippen LogP contribution in [0.1, 0.15) is 13.3 Å². The molecule has 0 aromatic rings. The van der Waals surface area contributed by atoms with Gasteiger partial charge in [0, 0.05) is 0 Å². The maximum atomic E-state index is 10.2. The van der Waals surface area contributed by atoms with Crippen molar-refractivity contribution in [2.24, 2.45) is 0 Å². The van der Waals surface area contributed by atoms with Crippen LogP contribution in [0.5, 0.6) is 0 Å². The highest BCUT2D eigenvalue weighted by molar-refractivity contribution is 5.71. The first-order chi connectivity index (χ1) is 3.81. The van der Waals surface area contributed by atoms with E-state index in [9.17, 15) is 4.79 Å². The molecule has 0 saturated heterocycles. The monoisotopic (exact) mass is 115 g/mol. The summed E-state index contributed by atoms with van der Waals surface area (Å²) in [5, 5.41) is 7.91. The Morgan fingerprint density at radius 3 is 2.88 bits per heavy atom. The molecule has 0 atom stereocenters. The normalized spacial score (nSPS) is 7.50. The van der Waals surface area contributed by atoms with E-state index in [0.717, 1.165) is 0 Å². The van der Waals surface area contributed by atoms with Crippen LogP contribution in [0.2, 0.25) is 0 Å². The van der Waals surface area contributed by atoms with Crippen molar-refractivity contribution in [3.63, 3.8) is 0 Å². The van der Waals surface area contributed by atoms with Gasteiger partial charge in [-0.3, -0.25) is 4.79 Å². The molecule has 0 spiro atoms. The van der Waals surface area contributed by atoms with Gasteiger partial charge in [-0.1, -0.05) is 0 Å². The van der Waals surface area contributed by atoms with Crippen molar-refractivity contribution in [2.75, 3.05) is 6.61 Å². The van der Waals surface area contributed by atoms with Gasteiger partial charge in [-0.2, -0.15) is 5.26 Å². The van der Waals surface area contributed by atoms with Crippen LogP contribution in [0.4, 0.5) is 0 Å². The average Bonchev–Trinajstić information content (AvgIpc) is 1.68. The Balaban J connectivity index is 3.23. The second-order valence-corrected chi connectivity index (χ2v) is 1.14. The molecule has 3 heteroatoms. The fourth-order valence-electron chi connectivity index (χ4n) is 0.277. The lowest BCUT2D eigenvalue weighted by Gasteiger charge is -1.92. The summed E-state index contributed by atoms with van der Waals surface area (Å²) in [6, 6.07) is 1.68. The van der Waals surface area contributed by atoms with E-state index in [4.69, 9.17) is 5.26 Å². The van der Waals surface area contributed by atoms with Crippen LogP contribution in [0.3, 0.4) is 0 Å². The van der Waals surface area contributed by atoms with Gasteiger partial charge in [0.15, 0.2) is 0 Å². The van der Waals surface area contributed by atoms with Crippen molar-refractivity contribution in [3.05, 3.63) is 0 Å². The zero-order valence-electron chi connectivity index (χ0n) is 4.68. The topological polar surface area (TPSA) is 50.1 Å². The molecule has 0 N–H and O–H groups in total. The van der Waals surface area contributed by atoms with E-state index in [2.05, 4.69) is 4.74 Å². The van der Waals surface area contributed by atoms with Gasteiger partial charge < -0.3 is 4.74 Å². The van der Waals surface area contributed by atoms with Crippen LogP contribution < -0.4 is 0 Å². The van der Waals surface area contributed by atoms with Crippen LogP contribution in [0.25, 0.3) is 0 Å². The number of ether oxygens (including phenoxy) is 1. The Morgan fingerprint density at radius 2 is 2.50 bits per heavy atom. The van der Waals surface area contributed by atoms with Crippen LogP contribution in [0, 0.1) is 11.3 Å². The van der Waals surface area contributed by atoms with Gasteiger partial charge >= 0.3 is 5.97 Å². The van der Waals surface area contributed by atoms with Gasteiger partial charge in [0.05, 0.1) is 12.7 Å². The number of hydrogen-bond acceptors (Lipinski definition) is 3. The predicted octanol–water partition coefficient (Wildman–Crippen LogP) is 0.463. The molecular formula is C5H7NO2. The first-order valence-corrected chi connectivity index (χ1v) is 2.33. The van der Waals surface area contributed by atoms with Crippen LogP contribution in [0.15, 0.2) is 0 Å². The summed E-state index contributed by atoms with van der Waals surface area (Å²) in [6.45, 7) is 2.05. The van der Waals surface area contributed by atoms with E-state index in [-0.39, 0.29) is 6.42 Å². The first kappa shape index (κ1) is 6.96. The predicted molar refractivity (Wildman–Crippen MR) is 26.9 cm³/mol. The third kappa shape index (κ3) is 3.16. The van der Waals surface area contributed by atoms with Crippen LogP contribution in [-0.4, -0.2) is 12.6 Å². The SMILES string of the molecule is CCOC(=O)[13CH2][13C]#N. The molecule has 0 aliphatic heterocycles. The van der Waals surface area contributed by atoms with E-state index in [1.807, 2.05) is 0 Å². The minimum atomic E-state index is -0.449. The Morgan fingerprint density at radius 1 is 1.88 bits per heavy atom. The lowest BCUT2D eigenvalue weighted by atomic mass is 10.8. The number of esters is 1. The summed E-state index contributed by atoms with van der Waals surface area (Å²) in [5.41, 5.74) is 0. The largest absolute Gasteiger partial charge is 0.465 e. The Labute approximate surface area is 47.9 Å². The van der Waals surface area contributed by atoms with E-state index < -0.39 is 5.97 Å². The van der Waals surface area contributed by atoms with Gasteiger partial charge in [-0.25, -0.2) is 0 Å². The zero-order valence-corrected chi connectivity index (χ0v) is 4.68. The number of hydrogen-bond donors (Lipinski definition) is 0. The summed E-state index contributed by atoms with van der Waals surface area (Å²) >= 11 is 0. The van der Waals surface area contributed by atoms with Crippen molar-refractivity contribution >= 4 is 5.97 Å². The molecule has 0 saturated carbocycles. The van der Waals surface area contributed by atoms with Gasteiger partial charge in [-0.05, 0) is 6.92 Å². The van der Waals surface area contributed by atoms with Crippen molar-refractivity contribution in [1.82, 2.24) is 0 Å². The maximum absolute atomic E-state index is 10.2. The third-order valence-corrected chi connectivity index (χ3v) is 0.529. The smallest absolute Gasteiger partial charge is 0.320 e. The Bertz CT molecular complexity index is 114. The molecule has 0 aliphatic carbocycles. The molecule has 0 heterocycles. The molecule has 0 aromatic heterocycles. The quantitative estimate of drug-likeness (QED) is 0.388. The van der Waals surface area contributed by atoms with E-state index in [1.165, 1.54) is 0 Å². The van der Waals surface area contributed by atoms with Crippen molar-refractivity contribution in [3.8, 4) is 6.07 Å². The number of nitriles is 1. The van der Waals surface area contributed by atoms with Crippen LogP contribution >= 0.6 is 0 Å². The van der Waals surface area contributed by atoms with Gasteiger partial charge in [0.2, 0.25) is 0 Å². The van der Waals surface area contributed by atoms with Gasteiger partial charge in [-0.15, -0.1) is 0 Å². The second kappa shape index (κ2) is 4.13. The second-order valence-electron chi connectivity index (χ2n) is 1.14. The standard InChI is InChI=1S/C5H7NO2/c1-2-8-5(7)3-4-6/h2-3H2,1H3/i3+1,4+1. The molecule has 8 heavy (non-hydrogen) atoms. The average molecular weight is 115 g/mol. The summed E-state index contributed by atoms with van der Waals surface area (Å²) in [5.74, 6) is -0.449. The number of nitrogens with zero attached hydrogens (tertiary/aromatic N) is 1. The minimum Gasteiger partial charge on any atom is -0.465 e. The van der Waals surface area contributed by atoms with E-state index in [1.54, 1.807) is 13.0 Å². The molecule has 44 valence electrons. The molecular weight excluding hydrogens is 108 g/mol. The van der Waals surface area contributed by atoms with E-state index in [0.29, 0.717) is 6.61 Å². The van der Waals surface area contributed by atoms with Crippen LogP contribution in [-0.2, 0) is 9.53 Å². The lowest BCUT2D eigenvalue weighted by molar-refractivity contribution is -0.141. The number of rotatable bonds is 2. The minimum absolute atomic E-state index is 0.145. The Kier molecular flexibility index (Phi) is 3.59. The molecule has 0 bridgehead atoms. The summed E-state index contributed by atoms with van der Waals surface area (Å²) in [6.07, 6.45) is -0.145. The molecule has 0 amide bonds. The molecule has 0 rings (SSSR count). The highest BCUT2D eigenvalue weighted by Gasteiger charge is 1.95. The maximum Gasteiger partial charge on any atom is 0.320 e. The number of carbonyl (C=O) groups excluding carboxylic acids is 1. The fourth-order valence-corrected chi connectivity index (χ4v) is 0.277. The molecule has 0 radical (unpaired) electrons. The highest BCUT2D eigenvalue weighted by Crippen LogP contribution is 1.81. The summed E-state index contributed by atoms with van der Waals surface area (Å²) in [4.78, 5) is 10.2. The van der Waals surface area contributed by atoms with Crippen molar-refractivity contribution in [2.45, 2.75) is 13.3 Å². The van der Waals surface area contributed by atoms with Crippen molar-refractivity contribution < 1.29 is 9.53 Å². The fraction of sp³-hybridized carbons (Fsp3) is 0.600. The lowest BCUT2D eigenvalue weighted by Crippen LogP contribution is -2.01.